The van der Waals surface area contributed by atoms with Gasteiger partial charge in [-0.1, -0.05) is 42.5 Å². The number of para-hydroxylation sites is 1. The number of rotatable bonds is 2. The van der Waals surface area contributed by atoms with Gasteiger partial charge in [-0.05, 0) is 17.2 Å². The predicted octanol–water partition coefficient (Wildman–Crippen LogP) is 4.29. The number of halogens is 4. The highest BCUT2D eigenvalue weighted by atomic mass is 35.5. The van der Waals surface area contributed by atoms with Crippen LogP contribution in [0, 0.1) is 5.92 Å². The van der Waals surface area contributed by atoms with Crippen molar-refractivity contribution in [2.75, 3.05) is 18.4 Å². The van der Waals surface area contributed by atoms with Gasteiger partial charge in [0.25, 0.3) is 0 Å². The van der Waals surface area contributed by atoms with Crippen molar-refractivity contribution in [3.8, 4) is 0 Å². The summed E-state index contributed by atoms with van der Waals surface area (Å²) in [5.74, 6) is -0.820. The second-order valence-corrected chi connectivity index (χ2v) is 6.65. The Balaban J connectivity index is 0.00000196. The Morgan fingerprint density at radius 2 is 1.69 bits per heavy atom. The molecule has 26 heavy (non-hydrogen) atoms. The van der Waals surface area contributed by atoms with Crippen molar-refractivity contribution in [2.45, 2.75) is 18.6 Å². The standard InChI is InChI=1S/C19H17F3N2O.ClH/c20-19(21,22)16-8-4-7-13-14-10-24(9-12-5-2-1-3-6-12)11-15(14)18(25)23-17(13)16;/h1-8,14-15H,9-11H2,(H,23,25);1H/t14-,15+;/m1./s1. The van der Waals surface area contributed by atoms with E-state index in [-0.39, 0.29) is 35.8 Å². The summed E-state index contributed by atoms with van der Waals surface area (Å²) < 4.78 is 39.7. The van der Waals surface area contributed by atoms with Crippen LogP contribution < -0.4 is 5.32 Å². The van der Waals surface area contributed by atoms with Crippen molar-refractivity contribution >= 4 is 24.0 Å². The molecule has 2 aromatic carbocycles. The van der Waals surface area contributed by atoms with Crippen LogP contribution in [0.2, 0.25) is 0 Å². The molecule has 2 aromatic rings. The largest absolute Gasteiger partial charge is 0.418 e. The third-order valence-corrected chi connectivity index (χ3v) is 5.03. The fourth-order valence-corrected chi connectivity index (χ4v) is 3.91. The van der Waals surface area contributed by atoms with E-state index < -0.39 is 11.7 Å². The summed E-state index contributed by atoms with van der Waals surface area (Å²) in [6.07, 6.45) is -4.48. The van der Waals surface area contributed by atoms with Gasteiger partial charge in [0.1, 0.15) is 0 Å². The van der Waals surface area contributed by atoms with Crippen molar-refractivity contribution in [3.63, 3.8) is 0 Å². The van der Waals surface area contributed by atoms with Gasteiger partial charge in [-0.15, -0.1) is 12.4 Å². The minimum Gasteiger partial charge on any atom is -0.325 e. The fourth-order valence-electron chi connectivity index (χ4n) is 3.91. The lowest BCUT2D eigenvalue weighted by Crippen LogP contribution is -2.34. The highest BCUT2D eigenvalue weighted by molar-refractivity contribution is 5.98. The first kappa shape index (κ1) is 18.7. The monoisotopic (exact) mass is 382 g/mol. The molecule has 1 saturated heterocycles. The van der Waals surface area contributed by atoms with Gasteiger partial charge < -0.3 is 5.32 Å². The molecule has 2 atom stereocenters. The maximum Gasteiger partial charge on any atom is 0.418 e. The topological polar surface area (TPSA) is 32.3 Å². The van der Waals surface area contributed by atoms with Crippen LogP contribution >= 0.6 is 12.4 Å². The Kier molecular flexibility index (Phi) is 4.99. The molecule has 2 aliphatic heterocycles. The summed E-state index contributed by atoms with van der Waals surface area (Å²) in [4.78, 5) is 14.5. The van der Waals surface area contributed by atoms with Gasteiger partial charge in [-0.25, -0.2) is 0 Å². The van der Waals surface area contributed by atoms with Gasteiger partial charge in [0.2, 0.25) is 5.91 Å². The third-order valence-electron chi connectivity index (χ3n) is 5.03. The number of benzene rings is 2. The van der Waals surface area contributed by atoms with E-state index in [1.54, 1.807) is 6.07 Å². The van der Waals surface area contributed by atoms with Gasteiger partial charge in [0.15, 0.2) is 0 Å². The van der Waals surface area contributed by atoms with Crippen LogP contribution in [0.4, 0.5) is 18.9 Å². The maximum absolute atomic E-state index is 13.2. The van der Waals surface area contributed by atoms with Crippen LogP contribution in [0.1, 0.15) is 22.6 Å². The Morgan fingerprint density at radius 1 is 1.00 bits per heavy atom. The summed E-state index contributed by atoms with van der Waals surface area (Å²) >= 11 is 0. The summed E-state index contributed by atoms with van der Waals surface area (Å²) in [6, 6.07) is 14.0. The SMILES string of the molecule is Cl.O=C1Nc2c(cccc2C(F)(F)F)[C@H]2CN(Cc3ccccc3)C[C@H]12. The molecule has 0 aromatic heterocycles. The molecule has 1 N–H and O–H groups in total. The molecule has 2 aliphatic rings. The zero-order chi connectivity index (χ0) is 17.6. The van der Waals surface area contributed by atoms with E-state index in [4.69, 9.17) is 0 Å². The van der Waals surface area contributed by atoms with E-state index in [2.05, 4.69) is 10.2 Å². The molecule has 0 saturated carbocycles. The number of carbonyl (C=O) groups excluding carboxylic acids is 1. The number of likely N-dealkylation sites (tertiary alicyclic amines) is 1. The van der Waals surface area contributed by atoms with Crippen molar-refractivity contribution in [1.29, 1.82) is 0 Å². The number of carbonyl (C=O) groups is 1. The Labute approximate surface area is 155 Å². The summed E-state index contributed by atoms with van der Waals surface area (Å²) in [7, 11) is 0. The smallest absolute Gasteiger partial charge is 0.325 e. The zero-order valence-electron chi connectivity index (χ0n) is 13.8. The van der Waals surface area contributed by atoms with Gasteiger partial charge in [0.05, 0.1) is 17.2 Å². The first-order valence-electron chi connectivity index (χ1n) is 8.21. The third kappa shape index (κ3) is 3.31. The molecule has 2 heterocycles. The normalized spacial score (nSPS) is 22.2. The molecule has 7 heteroatoms. The van der Waals surface area contributed by atoms with Crippen LogP contribution in [0.15, 0.2) is 48.5 Å². The van der Waals surface area contributed by atoms with E-state index in [0.29, 0.717) is 25.2 Å². The predicted molar refractivity (Wildman–Crippen MR) is 95.3 cm³/mol. The highest BCUT2D eigenvalue weighted by Crippen LogP contribution is 2.46. The van der Waals surface area contributed by atoms with Crippen LogP contribution in [0.3, 0.4) is 0 Å². The van der Waals surface area contributed by atoms with Crippen LogP contribution in [-0.4, -0.2) is 23.9 Å². The number of nitrogens with zero attached hydrogens (tertiary/aromatic N) is 1. The van der Waals surface area contributed by atoms with E-state index in [0.717, 1.165) is 11.6 Å². The van der Waals surface area contributed by atoms with Gasteiger partial charge >= 0.3 is 6.18 Å². The molecule has 0 unspecified atom stereocenters. The number of fused-ring (bicyclic) bond motifs is 3. The number of amides is 1. The Hall–Kier alpha value is -2.05. The second-order valence-electron chi connectivity index (χ2n) is 6.65. The first-order chi connectivity index (χ1) is 11.9. The van der Waals surface area contributed by atoms with Gasteiger partial charge in [-0.3, -0.25) is 9.69 Å². The molecule has 0 bridgehead atoms. The quantitative estimate of drug-likeness (QED) is 0.840. The molecular formula is C19H18ClF3N2O. The lowest BCUT2D eigenvalue weighted by molar-refractivity contribution is -0.137. The average Bonchev–Trinajstić information content (AvgIpc) is 2.99. The molecule has 0 radical (unpaired) electrons. The van der Waals surface area contributed by atoms with E-state index in [9.17, 15) is 18.0 Å². The Bertz CT molecular complexity index is 810. The van der Waals surface area contributed by atoms with Gasteiger partial charge in [-0.2, -0.15) is 13.2 Å². The number of hydrogen-bond donors (Lipinski definition) is 1. The molecule has 0 spiro atoms. The van der Waals surface area contributed by atoms with E-state index in [1.165, 1.54) is 6.07 Å². The van der Waals surface area contributed by atoms with Crippen molar-refractivity contribution in [2.24, 2.45) is 5.92 Å². The maximum atomic E-state index is 13.2. The molecule has 1 amide bonds. The summed E-state index contributed by atoms with van der Waals surface area (Å²) in [5, 5.41) is 2.51. The number of anilines is 1. The Morgan fingerprint density at radius 3 is 2.38 bits per heavy atom. The summed E-state index contributed by atoms with van der Waals surface area (Å²) in [6.45, 7) is 1.83. The lowest BCUT2D eigenvalue weighted by Gasteiger charge is -2.29. The lowest BCUT2D eigenvalue weighted by atomic mass is 9.83. The number of alkyl halides is 3. The first-order valence-corrected chi connectivity index (χ1v) is 8.21. The van der Waals surface area contributed by atoms with Crippen molar-refractivity contribution in [1.82, 2.24) is 4.90 Å². The van der Waals surface area contributed by atoms with Crippen LogP contribution in [-0.2, 0) is 17.5 Å². The second kappa shape index (κ2) is 6.93. The molecule has 3 nitrogen and oxygen atoms in total. The molecule has 4 rings (SSSR count). The molecule has 138 valence electrons. The van der Waals surface area contributed by atoms with E-state index in [1.807, 2.05) is 30.3 Å². The number of hydrogen-bond acceptors (Lipinski definition) is 2. The minimum absolute atomic E-state index is 0. The summed E-state index contributed by atoms with van der Waals surface area (Å²) in [5.41, 5.74) is 0.891. The molecular weight excluding hydrogens is 365 g/mol. The minimum atomic E-state index is -4.48. The highest BCUT2D eigenvalue weighted by Gasteiger charge is 2.45. The molecule has 1 fully saturated rings. The van der Waals surface area contributed by atoms with Gasteiger partial charge in [0, 0.05) is 25.6 Å². The average molecular weight is 383 g/mol. The number of nitrogens with one attached hydrogen (secondary N) is 1. The van der Waals surface area contributed by atoms with Crippen molar-refractivity contribution < 1.29 is 18.0 Å². The van der Waals surface area contributed by atoms with E-state index >= 15 is 0 Å². The molecule has 0 aliphatic carbocycles. The van der Waals surface area contributed by atoms with Crippen LogP contribution in [0.25, 0.3) is 0 Å². The van der Waals surface area contributed by atoms with Crippen molar-refractivity contribution in [3.05, 3.63) is 65.2 Å². The fraction of sp³-hybridized carbons (Fsp3) is 0.316. The van der Waals surface area contributed by atoms with Crippen LogP contribution in [0.5, 0.6) is 0 Å². The zero-order valence-corrected chi connectivity index (χ0v) is 14.6.